The van der Waals surface area contributed by atoms with Crippen LogP contribution in [-0.2, 0) is 16.1 Å². The lowest BCUT2D eigenvalue weighted by Crippen LogP contribution is -2.42. The van der Waals surface area contributed by atoms with Gasteiger partial charge in [0.1, 0.15) is 11.6 Å². The Morgan fingerprint density at radius 2 is 1.85 bits per heavy atom. The van der Waals surface area contributed by atoms with Crippen molar-refractivity contribution in [3.05, 3.63) is 86.6 Å². The van der Waals surface area contributed by atoms with E-state index in [1.807, 2.05) is 61.5 Å². The molecule has 1 amide bonds. The molecule has 0 spiro atoms. The Morgan fingerprint density at radius 3 is 2.56 bits per heavy atom. The normalized spacial score (nSPS) is 10.8. The summed E-state index contributed by atoms with van der Waals surface area (Å²) in [6.45, 7) is 2.79. The van der Waals surface area contributed by atoms with E-state index >= 15 is 0 Å². The summed E-state index contributed by atoms with van der Waals surface area (Å²) in [5.41, 5.74) is 6.77. The molecule has 9 nitrogen and oxygen atoms in total. The molecule has 9 heteroatoms. The fourth-order valence-electron chi connectivity index (χ4n) is 3.56. The van der Waals surface area contributed by atoms with Crippen molar-refractivity contribution in [1.82, 2.24) is 9.55 Å². The molecule has 3 aromatic rings. The van der Waals surface area contributed by atoms with Gasteiger partial charge in [-0.1, -0.05) is 42.5 Å². The molecular weight excluding hydrogens is 436 g/mol. The minimum atomic E-state index is -0.715. The highest BCUT2D eigenvalue weighted by atomic mass is 16.5. The molecular formula is C25H30N4O5. The molecule has 3 rings (SSSR count). The van der Waals surface area contributed by atoms with Crippen molar-refractivity contribution in [3.63, 3.8) is 0 Å². The number of ether oxygens (including phenoxy) is 2. The van der Waals surface area contributed by atoms with Crippen LogP contribution in [0.3, 0.4) is 0 Å². The summed E-state index contributed by atoms with van der Waals surface area (Å²) >= 11 is 0. The van der Waals surface area contributed by atoms with Crippen molar-refractivity contribution in [2.24, 2.45) is 0 Å². The van der Waals surface area contributed by atoms with Crippen LogP contribution in [0.25, 0.3) is 0 Å². The minimum absolute atomic E-state index is 0.0582. The number of amides is 1. The first kappa shape index (κ1) is 24.8. The Labute approximate surface area is 197 Å². The third-order valence-corrected chi connectivity index (χ3v) is 5.28. The average Bonchev–Trinajstić information content (AvgIpc) is 2.82. The predicted molar refractivity (Wildman–Crippen MR) is 131 cm³/mol. The molecule has 34 heavy (non-hydrogen) atoms. The van der Waals surface area contributed by atoms with Gasteiger partial charge in [0, 0.05) is 20.1 Å². The number of hydrogen-bond acceptors (Lipinski definition) is 6. The van der Waals surface area contributed by atoms with Gasteiger partial charge in [-0.15, -0.1) is 0 Å². The number of methoxy groups -OCH3 is 1. The van der Waals surface area contributed by atoms with Crippen LogP contribution in [0.15, 0.2) is 64.2 Å². The molecule has 3 N–H and O–H groups in total. The van der Waals surface area contributed by atoms with Crippen LogP contribution in [0, 0.1) is 6.92 Å². The van der Waals surface area contributed by atoms with Crippen molar-refractivity contribution < 1.29 is 14.3 Å². The molecule has 1 aromatic heterocycles. The van der Waals surface area contributed by atoms with E-state index in [1.165, 1.54) is 16.6 Å². The molecule has 0 fully saturated rings. The van der Waals surface area contributed by atoms with E-state index < -0.39 is 11.2 Å². The first-order valence-corrected chi connectivity index (χ1v) is 11.1. The number of aromatic amines is 1. The number of nitrogens with one attached hydrogen (secondary N) is 1. The lowest BCUT2D eigenvalue weighted by molar-refractivity contribution is -0.119. The monoisotopic (exact) mass is 466 g/mol. The Kier molecular flexibility index (Phi) is 8.64. The lowest BCUT2D eigenvalue weighted by atomic mass is 10.2. The van der Waals surface area contributed by atoms with E-state index in [1.54, 1.807) is 0 Å². The van der Waals surface area contributed by atoms with Crippen LogP contribution < -0.4 is 26.6 Å². The average molecular weight is 467 g/mol. The number of benzene rings is 2. The van der Waals surface area contributed by atoms with Crippen LogP contribution in [0.2, 0.25) is 0 Å². The number of carbonyl (C=O) groups excluding carboxylic acids is 1. The predicted octanol–water partition coefficient (Wildman–Crippen LogP) is 2.31. The molecule has 0 radical (unpaired) electrons. The van der Waals surface area contributed by atoms with Crippen molar-refractivity contribution in [2.75, 3.05) is 37.5 Å². The van der Waals surface area contributed by atoms with Gasteiger partial charge in [0.2, 0.25) is 5.91 Å². The van der Waals surface area contributed by atoms with Gasteiger partial charge in [-0.3, -0.25) is 19.1 Å². The van der Waals surface area contributed by atoms with Crippen LogP contribution in [-0.4, -0.2) is 42.3 Å². The summed E-state index contributed by atoms with van der Waals surface area (Å²) in [6, 6.07) is 16.9. The van der Waals surface area contributed by atoms with Crippen molar-refractivity contribution in [3.8, 4) is 5.75 Å². The van der Waals surface area contributed by atoms with Gasteiger partial charge in [0.25, 0.3) is 5.56 Å². The zero-order chi connectivity index (χ0) is 24.5. The molecule has 0 saturated carbocycles. The van der Waals surface area contributed by atoms with Gasteiger partial charge in [0.15, 0.2) is 5.69 Å². The number of anilines is 2. The highest BCUT2D eigenvalue weighted by Gasteiger charge is 2.24. The van der Waals surface area contributed by atoms with Gasteiger partial charge in [-0.05, 0) is 36.6 Å². The van der Waals surface area contributed by atoms with Crippen molar-refractivity contribution in [2.45, 2.75) is 26.3 Å². The van der Waals surface area contributed by atoms with E-state index in [4.69, 9.17) is 15.2 Å². The molecule has 0 aliphatic carbocycles. The summed E-state index contributed by atoms with van der Waals surface area (Å²) < 4.78 is 12.1. The third-order valence-electron chi connectivity index (χ3n) is 5.28. The maximum Gasteiger partial charge on any atom is 0.330 e. The van der Waals surface area contributed by atoms with Gasteiger partial charge >= 0.3 is 5.69 Å². The summed E-state index contributed by atoms with van der Waals surface area (Å²) in [6.07, 6.45) is 0.573. The first-order valence-electron chi connectivity index (χ1n) is 11.1. The SMILES string of the molecule is COCCN(C(=O)CCCOc1cccc(C)c1)c1c(N)n(Cc2ccccc2)c(=O)[nH]c1=O. The Bertz CT molecular complexity index is 1220. The number of rotatable bonds is 11. The topological polar surface area (TPSA) is 120 Å². The number of aryl methyl sites for hydroxylation is 1. The Balaban J connectivity index is 1.79. The van der Waals surface area contributed by atoms with E-state index in [2.05, 4.69) is 4.98 Å². The second kappa shape index (κ2) is 11.9. The minimum Gasteiger partial charge on any atom is -0.494 e. The first-order chi connectivity index (χ1) is 16.4. The number of nitrogen functional groups attached to an aromatic ring is 1. The third kappa shape index (κ3) is 6.35. The maximum absolute atomic E-state index is 13.1. The maximum atomic E-state index is 13.1. The van der Waals surface area contributed by atoms with Gasteiger partial charge in [0.05, 0.1) is 19.8 Å². The molecule has 0 aliphatic rings. The fourth-order valence-corrected chi connectivity index (χ4v) is 3.56. The zero-order valence-corrected chi connectivity index (χ0v) is 19.5. The summed E-state index contributed by atoms with van der Waals surface area (Å²) in [5, 5.41) is 0. The van der Waals surface area contributed by atoms with E-state index in [0.717, 1.165) is 16.9 Å². The van der Waals surface area contributed by atoms with Crippen molar-refractivity contribution in [1.29, 1.82) is 0 Å². The number of nitrogens with two attached hydrogens (primary N) is 1. The standard InChI is InChI=1S/C25H30N4O5/c1-18-8-6-11-20(16-18)34-14-7-12-21(30)28(13-15-33-2)22-23(26)29(25(32)27-24(22)31)17-19-9-4-3-5-10-19/h3-6,8-11,16H,7,12-15,17,26H2,1-2H3,(H,27,31,32). The molecule has 2 aromatic carbocycles. The number of aromatic nitrogens is 2. The number of carbonyl (C=O) groups is 1. The van der Waals surface area contributed by atoms with E-state index in [0.29, 0.717) is 13.0 Å². The van der Waals surface area contributed by atoms with Crippen LogP contribution in [0.5, 0.6) is 5.75 Å². The van der Waals surface area contributed by atoms with Gasteiger partial charge in [-0.25, -0.2) is 4.79 Å². The summed E-state index contributed by atoms with van der Waals surface area (Å²) in [5.74, 6) is 0.349. The van der Waals surface area contributed by atoms with Crippen LogP contribution in [0.1, 0.15) is 24.0 Å². The number of nitrogens with zero attached hydrogens (tertiary/aromatic N) is 2. The fraction of sp³-hybridized carbons (Fsp3) is 0.320. The quantitative estimate of drug-likeness (QED) is 0.419. The smallest absolute Gasteiger partial charge is 0.330 e. The largest absolute Gasteiger partial charge is 0.494 e. The Morgan fingerprint density at radius 1 is 1.09 bits per heavy atom. The number of H-pyrrole nitrogens is 1. The van der Waals surface area contributed by atoms with E-state index in [9.17, 15) is 14.4 Å². The number of hydrogen-bond donors (Lipinski definition) is 2. The summed E-state index contributed by atoms with van der Waals surface area (Å²) in [4.78, 5) is 41.9. The lowest BCUT2D eigenvalue weighted by Gasteiger charge is -2.24. The molecule has 180 valence electrons. The molecule has 0 bridgehead atoms. The van der Waals surface area contributed by atoms with Crippen LogP contribution in [0.4, 0.5) is 11.5 Å². The molecule has 0 saturated heterocycles. The second-order valence-corrected chi connectivity index (χ2v) is 7.87. The van der Waals surface area contributed by atoms with E-state index in [-0.39, 0.29) is 43.5 Å². The molecule has 1 heterocycles. The summed E-state index contributed by atoms with van der Waals surface area (Å²) in [7, 11) is 1.50. The van der Waals surface area contributed by atoms with Gasteiger partial charge in [-0.2, -0.15) is 0 Å². The Hall–Kier alpha value is -3.85. The highest BCUT2D eigenvalue weighted by molar-refractivity contribution is 5.95. The van der Waals surface area contributed by atoms with Gasteiger partial charge < -0.3 is 20.1 Å². The molecule has 0 atom stereocenters. The highest BCUT2D eigenvalue weighted by Crippen LogP contribution is 2.19. The molecule has 0 aliphatic heterocycles. The second-order valence-electron chi connectivity index (χ2n) is 7.87. The molecule has 0 unspecified atom stereocenters. The zero-order valence-electron chi connectivity index (χ0n) is 19.5. The van der Waals surface area contributed by atoms with Crippen LogP contribution >= 0.6 is 0 Å². The van der Waals surface area contributed by atoms with Crippen molar-refractivity contribution >= 4 is 17.4 Å².